The number of rotatable bonds is 2. The van der Waals surface area contributed by atoms with Gasteiger partial charge < -0.3 is 4.74 Å². The monoisotopic (exact) mass is 154 g/mol. The molecule has 2 aliphatic rings. The van der Waals surface area contributed by atoms with Crippen molar-refractivity contribution in [2.24, 2.45) is 5.92 Å². The zero-order valence-corrected chi connectivity index (χ0v) is 7.60. The van der Waals surface area contributed by atoms with Crippen LogP contribution in [0.2, 0.25) is 0 Å². The van der Waals surface area contributed by atoms with Crippen molar-refractivity contribution in [2.75, 3.05) is 0 Å². The predicted octanol–water partition coefficient (Wildman–Crippen LogP) is 2.74. The first-order chi connectivity index (χ1) is 5.23. The molecule has 2 unspecified atom stereocenters. The van der Waals surface area contributed by atoms with Gasteiger partial charge in [-0.05, 0) is 25.2 Å². The van der Waals surface area contributed by atoms with Crippen molar-refractivity contribution in [3.05, 3.63) is 0 Å². The molecule has 2 atom stereocenters. The summed E-state index contributed by atoms with van der Waals surface area (Å²) in [6.45, 7) is 4.59. The molecule has 0 radical (unpaired) electrons. The van der Waals surface area contributed by atoms with Crippen LogP contribution in [0.1, 0.15) is 46.0 Å². The van der Waals surface area contributed by atoms with Crippen LogP contribution in [0.5, 0.6) is 0 Å². The molecule has 2 rings (SSSR count). The second-order valence-corrected chi connectivity index (χ2v) is 4.52. The summed E-state index contributed by atoms with van der Waals surface area (Å²) in [7, 11) is 0. The lowest BCUT2D eigenvalue weighted by Crippen LogP contribution is -2.21. The average molecular weight is 154 g/mol. The fourth-order valence-corrected chi connectivity index (χ4v) is 2.52. The van der Waals surface area contributed by atoms with Crippen molar-refractivity contribution < 1.29 is 4.74 Å². The first-order valence-electron chi connectivity index (χ1n) is 4.91. The normalized spacial score (nSPS) is 42.3. The van der Waals surface area contributed by atoms with Gasteiger partial charge in [0.05, 0.1) is 11.7 Å². The Labute approximate surface area is 69.1 Å². The molecule has 0 amide bonds. The molecule has 1 saturated carbocycles. The van der Waals surface area contributed by atoms with Crippen LogP contribution in [-0.2, 0) is 4.74 Å². The van der Waals surface area contributed by atoms with Crippen LogP contribution >= 0.6 is 0 Å². The standard InChI is InChI=1S/C10H18O/c1-8(2)7-10-6-4-3-5-9(10)11-10/h8-9H,3-7H2,1-2H3. The zero-order chi connectivity index (χ0) is 7.90. The van der Waals surface area contributed by atoms with Crippen LogP contribution in [-0.4, -0.2) is 11.7 Å². The highest BCUT2D eigenvalue weighted by atomic mass is 16.6. The van der Waals surface area contributed by atoms with Crippen molar-refractivity contribution in [3.63, 3.8) is 0 Å². The number of fused-ring (bicyclic) bond motifs is 1. The quantitative estimate of drug-likeness (QED) is 0.557. The maximum atomic E-state index is 5.78. The molecular weight excluding hydrogens is 136 g/mol. The van der Waals surface area contributed by atoms with Gasteiger partial charge in [-0.2, -0.15) is 0 Å². The number of hydrogen-bond acceptors (Lipinski definition) is 1. The summed E-state index contributed by atoms with van der Waals surface area (Å²) in [4.78, 5) is 0. The second kappa shape index (κ2) is 2.48. The Hall–Kier alpha value is -0.0400. The Morgan fingerprint density at radius 2 is 2.27 bits per heavy atom. The van der Waals surface area contributed by atoms with Gasteiger partial charge >= 0.3 is 0 Å². The molecule has 64 valence electrons. The number of epoxide rings is 1. The fraction of sp³-hybridized carbons (Fsp3) is 1.00. The highest BCUT2D eigenvalue weighted by molar-refractivity contribution is 5.05. The highest BCUT2D eigenvalue weighted by Gasteiger charge is 2.56. The van der Waals surface area contributed by atoms with Gasteiger partial charge in [-0.3, -0.25) is 0 Å². The summed E-state index contributed by atoms with van der Waals surface area (Å²) in [6, 6.07) is 0. The SMILES string of the molecule is CC(C)CC12CCCCC1O2. The van der Waals surface area contributed by atoms with Crippen LogP contribution in [0.25, 0.3) is 0 Å². The van der Waals surface area contributed by atoms with E-state index in [1.54, 1.807) is 0 Å². The molecule has 0 aromatic carbocycles. The van der Waals surface area contributed by atoms with Gasteiger partial charge in [-0.15, -0.1) is 0 Å². The minimum Gasteiger partial charge on any atom is -0.366 e. The largest absolute Gasteiger partial charge is 0.366 e. The van der Waals surface area contributed by atoms with Crippen LogP contribution in [0, 0.1) is 5.92 Å². The minimum atomic E-state index is 0.367. The van der Waals surface area contributed by atoms with Gasteiger partial charge in [-0.25, -0.2) is 0 Å². The molecule has 1 aliphatic carbocycles. The Morgan fingerprint density at radius 3 is 2.91 bits per heavy atom. The summed E-state index contributed by atoms with van der Waals surface area (Å²) in [5.74, 6) is 0.804. The van der Waals surface area contributed by atoms with E-state index in [1.807, 2.05) is 0 Å². The van der Waals surface area contributed by atoms with Gasteiger partial charge in [0.2, 0.25) is 0 Å². The predicted molar refractivity (Wildman–Crippen MR) is 45.5 cm³/mol. The van der Waals surface area contributed by atoms with Gasteiger partial charge in [0.15, 0.2) is 0 Å². The van der Waals surface area contributed by atoms with Crippen LogP contribution in [0.4, 0.5) is 0 Å². The van der Waals surface area contributed by atoms with E-state index in [0.29, 0.717) is 11.7 Å². The third-order valence-corrected chi connectivity index (χ3v) is 2.98. The van der Waals surface area contributed by atoms with Crippen molar-refractivity contribution in [1.82, 2.24) is 0 Å². The lowest BCUT2D eigenvalue weighted by Gasteiger charge is -2.18. The topological polar surface area (TPSA) is 12.5 Å². The average Bonchev–Trinajstić information content (AvgIpc) is 2.59. The molecule has 0 aromatic heterocycles. The summed E-state index contributed by atoms with van der Waals surface area (Å²) in [5.41, 5.74) is 0.367. The first kappa shape index (κ1) is 7.60. The summed E-state index contributed by atoms with van der Waals surface area (Å²) >= 11 is 0. The van der Waals surface area contributed by atoms with E-state index < -0.39 is 0 Å². The third kappa shape index (κ3) is 1.31. The lowest BCUT2D eigenvalue weighted by molar-refractivity contribution is 0.249. The molecule has 0 aromatic rings. The summed E-state index contributed by atoms with van der Waals surface area (Å²) in [6.07, 6.45) is 7.38. The maximum Gasteiger partial charge on any atom is 0.0950 e. The van der Waals surface area contributed by atoms with Crippen LogP contribution < -0.4 is 0 Å². The molecule has 1 heteroatoms. The third-order valence-electron chi connectivity index (χ3n) is 2.98. The molecule has 1 aliphatic heterocycles. The molecule has 2 fully saturated rings. The van der Waals surface area contributed by atoms with E-state index in [1.165, 1.54) is 32.1 Å². The Morgan fingerprint density at radius 1 is 1.45 bits per heavy atom. The summed E-state index contributed by atoms with van der Waals surface area (Å²) < 4.78 is 5.78. The van der Waals surface area contributed by atoms with Gasteiger partial charge in [-0.1, -0.05) is 26.7 Å². The Bertz CT molecular complexity index is 153. The molecule has 1 saturated heterocycles. The van der Waals surface area contributed by atoms with Crippen LogP contribution in [0.3, 0.4) is 0 Å². The molecule has 1 nitrogen and oxygen atoms in total. The highest BCUT2D eigenvalue weighted by Crippen LogP contribution is 2.51. The van der Waals surface area contributed by atoms with Crippen molar-refractivity contribution in [3.8, 4) is 0 Å². The van der Waals surface area contributed by atoms with E-state index >= 15 is 0 Å². The molecular formula is C10H18O. The van der Waals surface area contributed by atoms with E-state index in [-0.39, 0.29) is 0 Å². The van der Waals surface area contributed by atoms with E-state index in [0.717, 1.165) is 5.92 Å². The van der Waals surface area contributed by atoms with Crippen molar-refractivity contribution >= 4 is 0 Å². The lowest BCUT2D eigenvalue weighted by atomic mass is 9.83. The molecule has 11 heavy (non-hydrogen) atoms. The number of ether oxygens (including phenoxy) is 1. The molecule has 0 spiro atoms. The van der Waals surface area contributed by atoms with Gasteiger partial charge in [0, 0.05) is 0 Å². The van der Waals surface area contributed by atoms with Crippen molar-refractivity contribution in [1.29, 1.82) is 0 Å². The van der Waals surface area contributed by atoms with Gasteiger partial charge in [0.25, 0.3) is 0 Å². The Kier molecular flexibility index (Phi) is 1.71. The molecule has 1 heterocycles. The maximum absolute atomic E-state index is 5.78. The Balaban J connectivity index is 1.92. The second-order valence-electron chi connectivity index (χ2n) is 4.52. The smallest absolute Gasteiger partial charge is 0.0950 e. The summed E-state index contributed by atoms with van der Waals surface area (Å²) in [5, 5.41) is 0. The van der Waals surface area contributed by atoms with E-state index in [2.05, 4.69) is 13.8 Å². The molecule has 0 N–H and O–H groups in total. The van der Waals surface area contributed by atoms with Crippen LogP contribution in [0.15, 0.2) is 0 Å². The van der Waals surface area contributed by atoms with E-state index in [9.17, 15) is 0 Å². The molecule has 0 bridgehead atoms. The van der Waals surface area contributed by atoms with Gasteiger partial charge in [0.1, 0.15) is 0 Å². The fourth-order valence-electron chi connectivity index (χ4n) is 2.52. The van der Waals surface area contributed by atoms with E-state index in [4.69, 9.17) is 4.74 Å². The first-order valence-corrected chi connectivity index (χ1v) is 4.91. The number of hydrogen-bond donors (Lipinski definition) is 0. The minimum absolute atomic E-state index is 0.367. The zero-order valence-electron chi connectivity index (χ0n) is 7.60. The van der Waals surface area contributed by atoms with Crippen molar-refractivity contribution in [2.45, 2.75) is 57.7 Å².